The average Bonchev–Trinajstić information content (AvgIpc) is 2.15. The molecule has 1 nitrogen and oxygen atoms in total. The average molecular weight is 185 g/mol. The molecule has 0 aliphatic heterocycles. The highest BCUT2D eigenvalue weighted by Crippen LogP contribution is 2.27. The normalized spacial score (nSPS) is 11.9. The zero-order valence-corrected chi connectivity index (χ0v) is 8.91. The maximum atomic E-state index is 4.45. The topological polar surface area (TPSA) is 12.9 Å². The van der Waals surface area contributed by atoms with Gasteiger partial charge < -0.3 is 0 Å². The molecule has 1 heterocycles. The van der Waals surface area contributed by atoms with Crippen LogP contribution in [0.3, 0.4) is 0 Å². The van der Waals surface area contributed by atoms with Gasteiger partial charge in [-0.25, -0.2) is 0 Å². The lowest BCUT2D eigenvalue weighted by molar-refractivity contribution is 0.594. The van der Waals surface area contributed by atoms with Gasteiger partial charge in [-0.05, 0) is 17.0 Å². The van der Waals surface area contributed by atoms with Crippen LogP contribution in [0.25, 0.3) is 10.9 Å². The third kappa shape index (κ3) is 1.50. The Bertz CT molecular complexity index is 447. The SMILES string of the molecule is CC(C)(C)c1cccc2cccnc12. The lowest BCUT2D eigenvalue weighted by Gasteiger charge is -2.20. The zero-order chi connectivity index (χ0) is 10.2. The molecule has 0 radical (unpaired) electrons. The Hall–Kier alpha value is -1.37. The molecule has 0 saturated heterocycles. The third-order valence-corrected chi connectivity index (χ3v) is 2.44. The van der Waals surface area contributed by atoms with Crippen molar-refractivity contribution >= 4 is 10.9 Å². The van der Waals surface area contributed by atoms with Gasteiger partial charge >= 0.3 is 0 Å². The number of aromatic nitrogens is 1. The molecule has 14 heavy (non-hydrogen) atoms. The molecule has 0 bridgehead atoms. The Morgan fingerprint density at radius 1 is 1.00 bits per heavy atom. The number of hydrogen-bond acceptors (Lipinski definition) is 1. The minimum Gasteiger partial charge on any atom is -0.256 e. The molecule has 2 rings (SSSR count). The molecule has 0 amide bonds. The van der Waals surface area contributed by atoms with E-state index in [-0.39, 0.29) is 5.41 Å². The van der Waals surface area contributed by atoms with Gasteiger partial charge in [-0.1, -0.05) is 45.0 Å². The van der Waals surface area contributed by atoms with Crippen molar-refractivity contribution in [3.05, 3.63) is 42.1 Å². The van der Waals surface area contributed by atoms with Crippen molar-refractivity contribution in [1.29, 1.82) is 0 Å². The standard InChI is InChI=1S/C13H15N/c1-13(2,3)11-8-4-6-10-7-5-9-14-12(10)11/h4-9H,1-3H3. The van der Waals surface area contributed by atoms with Crippen LogP contribution in [-0.4, -0.2) is 4.98 Å². The molecule has 0 spiro atoms. The van der Waals surface area contributed by atoms with Crippen LogP contribution >= 0.6 is 0 Å². The second-order valence-corrected chi connectivity index (χ2v) is 4.63. The van der Waals surface area contributed by atoms with Crippen molar-refractivity contribution in [3.63, 3.8) is 0 Å². The Labute approximate surface area is 84.8 Å². The molecular weight excluding hydrogens is 170 g/mol. The summed E-state index contributed by atoms with van der Waals surface area (Å²) in [6.45, 7) is 6.66. The minimum atomic E-state index is 0.161. The second kappa shape index (κ2) is 3.09. The lowest BCUT2D eigenvalue weighted by Crippen LogP contribution is -2.11. The number of hydrogen-bond donors (Lipinski definition) is 0. The molecule has 0 aliphatic carbocycles. The Morgan fingerprint density at radius 2 is 1.71 bits per heavy atom. The molecular formula is C13H15N. The molecule has 1 aromatic heterocycles. The summed E-state index contributed by atoms with van der Waals surface area (Å²) in [6, 6.07) is 10.5. The van der Waals surface area contributed by atoms with Gasteiger partial charge in [0, 0.05) is 11.6 Å². The van der Waals surface area contributed by atoms with E-state index >= 15 is 0 Å². The van der Waals surface area contributed by atoms with Gasteiger partial charge in [0.1, 0.15) is 0 Å². The molecule has 0 saturated carbocycles. The summed E-state index contributed by atoms with van der Waals surface area (Å²) in [5.41, 5.74) is 2.60. The quantitative estimate of drug-likeness (QED) is 0.611. The van der Waals surface area contributed by atoms with Crippen LogP contribution in [0.5, 0.6) is 0 Å². The van der Waals surface area contributed by atoms with Crippen LogP contribution in [0, 0.1) is 0 Å². The summed E-state index contributed by atoms with van der Waals surface area (Å²) in [7, 11) is 0. The van der Waals surface area contributed by atoms with Gasteiger partial charge in [0.05, 0.1) is 5.52 Å². The van der Waals surface area contributed by atoms with E-state index in [0.29, 0.717) is 0 Å². The van der Waals surface area contributed by atoms with E-state index in [9.17, 15) is 0 Å². The zero-order valence-electron chi connectivity index (χ0n) is 8.91. The van der Waals surface area contributed by atoms with Crippen molar-refractivity contribution < 1.29 is 0 Å². The Morgan fingerprint density at radius 3 is 2.43 bits per heavy atom. The van der Waals surface area contributed by atoms with Crippen LogP contribution in [0.2, 0.25) is 0 Å². The molecule has 2 aromatic rings. The summed E-state index contributed by atoms with van der Waals surface area (Å²) in [5, 5.41) is 1.22. The maximum Gasteiger partial charge on any atom is 0.0739 e. The van der Waals surface area contributed by atoms with Gasteiger partial charge in [0.25, 0.3) is 0 Å². The predicted molar refractivity (Wildman–Crippen MR) is 60.4 cm³/mol. The molecule has 1 aromatic carbocycles. The van der Waals surface area contributed by atoms with Gasteiger partial charge in [-0.3, -0.25) is 4.98 Å². The maximum absolute atomic E-state index is 4.45. The fraction of sp³-hybridized carbons (Fsp3) is 0.308. The molecule has 0 atom stereocenters. The summed E-state index contributed by atoms with van der Waals surface area (Å²) in [5.74, 6) is 0. The summed E-state index contributed by atoms with van der Waals surface area (Å²) in [6.07, 6.45) is 1.86. The van der Waals surface area contributed by atoms with E-state index < -0.39 is 0 Å². The first-order chi connectivity index (χ1) is 6.59. The lowest BCUT2D eigenvalue weighted by atomic mass is 9.85. The van der Waals surface area contributed by atoms with Crippen molar-refractivity contribution in [2.24, 2.45) is 0 Å². The van der Waals surface area contributed by atoms with Gasteiger partial charge in [-0.2, -0.15) is 0 Å². The van der Waals surface area contributed by atoms with Crippen molar-refractivity contribution in [1.82, 2.24) is 4.98 Å². The van der Waals surface area contributed by atoms with Crippen LogP contribution in [0.4, 0.5) is 0 Å². The number of para-hydroxylation sites is 1. The molecule has 0 unspecified atom stereocenters. The van der Waals surface area contributed by atoms with E-state index in [1.54, 1.807) is 0 Å². The minimum absolute atomic E-state index is 0.161. The predicted octanol–water partition coefficient (Wildman–Crippen LogP) is 3.53. The summed E-state index contributed by atoms with van der Waals surface area (Å²) in [4.78, 5) is 4.45. The fourth-order valence-corrected chi connectivity index (χ4v) is 1.71. The van der Waals surface area contributed by atoms with E-state index in [4.69, 9.17) is 0 Å². The van der Waals surface area contributed by atoms with Crippen molar-refractivity contribution in [3.8, 4) is 0 Å². The highest BCUT2D eigenvalue weighted by Gasteiger charge is 2.16. The highest BCUT2D eigenvalue weighted by atomic mass is 14.7. The second-order valence-electron chi connectivity index (χ2n) is 4.63. The van der Waals surface area contributed by atoms with E-state index in [1.807, 2.05) is 12.3 Å². The van der Waals surface area contributed by atoms with E-state index in [1.165, 1.54) is 10.9 Å². The third-order valence-electron chi connectivity index (χ3n) is 2.44. The van der Waals surface area contributed by atoms with E-state index in [2.05, 4.69) is 50.0 Å². The van der Waals surface area contributed by atoms with Gasteiger partial charge in [0.2, 0.25) is 0 Å². The molecule has 72 valence electrons. The van der Waals surface area contributed by atoms with Crippen molar-refractivity contribution in [2.75, 3.05) is 0 Å². The molecule has 0 N–H and O–H groups in total. The number of benzene rings is 1. The van der Waals surface area contributed by atoms with Crippen LogP contribution in [-0.2, 0) is 5.41 Å². The van der Waals surface area contributed by atoms with Crippen LogP contribution in [0.1, 0.15) is 26.3 Å². The molecule has 0 fully saturated rings. The number of pyridine rings is 1. The smallest absolute Gasteiger partial charge is 0.0739 e. The van der Waals surface area contributed by atoms with Gasteiger partial charge in [-0.15, -0.1) is 0 Å². The van der Waals surface area contributed by atoms with Crippen LogP contribution in [0.15, 0.2) is 36.5 Å². The largest absolute Gasteiger partial charge is 0.256 e. The number of fused-ring (bicyclic) bond motifs is 1. The Kier molecular flexibility index (Phi) is 2.03. The summed E-state index contributed by atoms with van der Waals surface area (Å²) >= 11 is 0. The van der Waals surface area contributed by atoms with Crippen LogP contribution < -0.4 is 0 Å². The molecule has 0 aliphatic rings. The monoisotopic (exact) mass is 185 g/mol. The summed E-state index contributed by atoms with van der Waals surface area (Å²) < 4.78 is 0. The van der Waals surface area contributed by atoms with Crippen molar-refractivity contribution in [2.45, 2.75) is 26.2 Å². The molecule has 1 heteroatoms. The first-order valence-electron chi connectivity index (χ1n) is 4.93. The van der Waals surface area contributed by atoms with Gasteiger partial charge in [0.15, 0.2) is 0 Å². The fourth-order valence-electron chi connectivity index (χ4n) is 1.71. The number of rotatable bonds is 0. The highest BCUT2D eigenvalue weighted by molar-refractivity contribution is 5.82. The first kappa shape index (κ1) is 9.20. The Balaban J connectivity index is 2.78. The number of nitrogens with zero attached hydrogens (tertiary/aromatic N) is 1. The van der Waals surface area contributed by atoms with E-state index in [0.717, 1.165) is 5.52 Å². The first-order valence-corrected chi connectivity index (χ1v) is 4.93.